The molecule has 1 aromatic rings. The van der Waals surface area contributed by atoms with E-state index in [1.807, 2.05) is 0 Å². The number of benzene rings is 1. The van der Waals surface area contributed by atoms with Crippen LogP contribution in [0.3, 0.4) is 0 Å². The molecule has 0 radical (unpaired) electrons. The minimum Gasteiger partial charge on any atom is -0.166 e. The first-order valence-corrected chi connectivity index (χ1v) is 5.20. The van der Waals surface area contributed by atoms with Gasteiger partial charge in [0.2, 0.25) is 0 Å². The molecule has 0 saturated heterocycles. The number of halogens is 3. The summed E-state index contributed by atoms with van der Waals surface area (Å²) < 4.78 is 37.1. The summed E-state index contributed by atoms with van der Waals surface area (Å²) in [5.41, 5.74) is 0.231. The normalized spacial score (nSPS) is 11.7. The van der Waals surface area contributed by atoms with Gasteiger partial charge in [-0.05, 0) is 24.5 Å². The van der Waals surface area contributed by atoms with Crippen LogP contribution in [0.4, 0.5) is 13.2 Å². The topological polar surface area (TPSA) is 0 Å². The Bertz CT molecular complexity index is 302. The van der Waals surface area contributed by atoms with Gasteiger partial charge in [0.15, 0.2) is 0 Å². The van der Waals surface area contributed by atoms with Crippen LogP contribution < -0.4 is 0 Å². The zero-order valence-corrected chi connectivity index (χ0v) is 8.77. The second kappa shape index (κ2) is 5.19. The van der Waals surface area contributed by atoms with Crippen LogP contribution >= 0.6 is 0 Å². The highest BCUT2D eigenvalue weighted by Crippen LogP contribution is 2.29. The van der Waals surface area contributed by atoms with Gasteiger partial charge in [-0.25, -0.2) is 0 Å². The Hall–Kier alpha value is -0.990. The van der Waals surface area contributed by atoms with Gasteiger partial charge in [-0.1, -0.05) is 38.0 Å². The summed E-state index contributed by atoms with van der Waals surface area (Å²) in [5, 5.41) is 0. The van der Waals surface area contributed by atoms with Crippen LogP contribution in [0.5, 0.6) is 0 Å². The van der Waals surface area contributed by atoms with Gasteiger partial charge in [-0.15, -0.1) is 0 Å². The lowest BCUT2D eigenvalue weighted by molar-refractivity contribution is -0.137. The third-order valence-corrected chi connectivity index (χ3v) is 2.32. The molecule has 0 unspecified atom stereocenters. The van der Waals surface area contributed by atoms with Gasteiger partial charge >= 0.3 is 6.18 Å². The zero-order chi connectivity index (χ0) is 11.3. The zero-order valence-electron chi connectivity index (χ0n) is 8.77. The molecule has 0 N–H and O–H groups in total. The van der Waals surface area contributed by atoms with Crippen molar-refractivity contribution in [2.24, 2.45) is 0 Å². The third-order valence-electron chi connectivity index (χ3n) is 2.32. The molecule has 0 saturated carbocycles. The van der Waals surface area contributed by atoms with Crippen molar-refractivity contribution >= 4 is 0 Å². The predicted molar refractivity (Wildman–Crippen MR) is 54.7 cm³/mol. The van der Waals surface area contributed by atoms with Gasteiger partial charge in [0.1, 0.15) is 0 Å². The molecule has 84 valence electrons. The molecule has 0 aliphatic rings. The number of hydrogen-bond donors (Lipinski definition) is 0. The van der Waals surface area contributed by atoms with E-state index >= 15 is 0 Å². The van der Waals surface area contributed by atoms with Gasteiger partial charge in [0, 0.05) is 0 Å². The second-order valence-electron chi connectivity index (χ2n) is 3.66. The summed E-state index contributed by atoms with van der Waals surface area (Å²) in [6, 6.07) is 5.59. The lowest BCUT2D eigenvalue weighted by Crippen LogP contribution is -2.05. The van der Waals surface area contributed by atoms with Crippen LogP contribution in [0.25, 0.3) is 0 Å². The highest BCUT2D eigenvalue weighted by Gasteiger charge is 2.30. The second-order valence-corrected chi connectivity index (χ2v) is 3.66. The predicted octanol–water partition coefficient (Wildman–Crippen LogP) is 4.44. The smallest absolute Gasteiger partial charge is 0.166 e. The number of rotatable bonds is 4. The molecule has 0 nitrogen and oxygen atoms in total. The number of alkyl halides is 3. The molecule has 0 aliphatic carbocycles. The Morgan fingerprint density at radius 2 is 1.87 bits per heavy atom. The summed E-state index contributed by atoms with van der Waals surface area (Å²) in [6.45, 7) is 2.08. The van der Waals surface area contributed by atoms with E-state index in [1.54, 1.807) is 6.07 Å². The van der Waals surface area contributed by atoms with Crippen LogP contribution in [-0.4, -0.2) is 0 Å². The van der Waals surface area contributed by atoms with Crippen LogP contribution in [0, 0.1) is 0 Å². The van der Waals surface area contributed by atoms with Crippen molar-refractivity contribution in [1.29, 1.82) is 0 Å². The van der Waals surface area contributed by atoms with Crippen molar-refractivity contribution in [3.63, 3.8) is 0 Å². The van der Waals surface area contributed by atoms with Crippen molar-refractivity contribution in [3.05, 3.63) is 35.4 Å². The molecule has 0 amide bonds. The summed E-state index contributed by atoms with van der Waals surface area (Å²) in [4.78, 5) is 0. The van der Waals surface area contributed by atoms with Crippen molar-refractivity contribution in [3.8, 4) is 0 Å². The average Bonchev–Trinajstić information content (AvgIpc) is 2.17. The molecule has 1 rings (SSSR count). The minimum atomic E-state index is -4.22. The highest BCUT2D eigenvalue weighted by atomic mass is 19.4. The lowest BCUT2D eigenvalue weighted by atomic mass is 10.0. The number of aryl methyl sites for hydroxylation is 1. The molecule has 0 bridgehead atoms. The maximum atomic E-state index is 12.4. The van der Waals surface area contributed by atoms with E-state index in [9.17, 15) is 13.2 Å². The molecule has 0 fully saturated rings. The van der Waals surface area contributed by atoms with Crippen LogP contribution in [0.1, 0.15) is 37.3 Å². The Kier molecular flexibility index (Phi) is 4.18. The average molecular weight is 216 g/mol. The number of hydrogen-bond acceptors (Lipinski definition) is 0. The van der Waals surface area contributed by atoms with Gasteiger partial charge in [0.05, 0.1) is 5.56 Å². The molecule has 0 aromatic heterocycles. The Balaban J connectivity index is 2.66. The van der Waals surface area contributed by atoms with Crippen molar-refractivity contribution < 1.29 is 13.2 Å². The van der Waals surface area contributed by atoms with Crippen LogP contribution in [-0.2, 0) is 12.6 Å². The summed E-state index contributed by atoms with van der Waals surface area (Å²) in [7, 11) is 0. The molecular weight excluding hydrogens is 201 g/mol. The van der Waals surface area contributed by atoms with E-state index in [2.05, 4.69) is 6.92 Å². The van der Waals surface area contributed by atoms with E-state index in [-0.39, 0.29) is 0 Å². The van der Waals surface area contributed by atoms with E-state index < -0.39 is 11.7 Å². The van der Waals surface area contributed by atoms with E-state index in [1.165, 1.54) is 12.1 Å². The quantitative estimate of drug-likeness (QED) is 0.653. The van der Waals surface area contributed by atoms with E-state index in [4.69, 9.17) is 0 Å². The lowest BCUT2D eigenvalue weighted by Gasteiger charge is -2.08. The summed E-state index contributed by atoms with van der Waals surface area (Å²) >= 11 is 0. The fourth-order valence-electron chi connectivity index (χ4n) is 1.48. The first-order chi connectivity index (χ1) is 7.04. The first-order valence-electron chi connectivity index (χ1n) is 5.20. The first kappa shape index (κ1) is 12.1. The standard InChI is InChI=1S/C12H15F3/c1-2-3-4-6-10-7-5-8-11(9-10)12(13,14)15/h5,7-9H,2-4,6H2,1H3. The SMILES string of the molecule is CCCCCc1cccc(C(F)(F)F)c1. The summed E-state index contributed by atoms with van der Waals surface area (Å²) in [5.74, 6) is 0. The molecule has 0 aliphatic heterocycles. The molecule has 15 heavy (non-hydrogen) atoms. The van der Waals surface area contributed by atoms with E-state index in [0.717, 1.165) is 37.3 Å². The van der Waals surface area contributed by atoms with Crippen LogP contribution in [0.2, 0.25) is 0 Å². The maximum Gasteiger partial charge on any atom is 0.416 e. The van der Waals surface area contributed by atoms with Crippen molar-refractivity contribution in [2.45, 2.75) is 38.8 Å². The molecule has 0 spiro atoms. The van der Waals surface area contributed by atoms with E-state index in [0.29, 0.717) is 0 Å². The highest BCUT2D eigenvalue weighted by molar-refractivity contribution is 5.25. The molecule has 0 atom stereocenters. The van der Waals surface area contributed by atoms with Crippen LogP contribution in [0.15, 0.2) is 24.3 Å². The molecular formula is C12H15F3. The van der Waals surface area contributed by atoms with Crippen molar-refractivity contribution in [1.82, 2.24) is 0 Å². The third kappa shape index (κ3) is 3.94. The van der Waals surface area contributed by atoms with Gasteiger partial charge in [-0.2, -0.15) is 13.2 Å². The van der Waals surface area contributed by atoms with Gasteiger partial charge in [-0.3, -0.25) is 0 Å². The largest absolute Gasteiger partial charge is 0.416 e. The van der Waals surface area contributed by atoms with Gasteiger partial charge < -0.3 is 0 Å². The minimum absolute atomic E-state index is 0.545. The fourth-order valence-corrected chi connectivity index (χ4v) is 1.48. The molecule has 3 heteroatoms. The molecule has 0 heterocycles. The summed E-state index contributed by atoms with van der Waals surface area (Å²) in [6.07, 6.45) is -0.383. The Labute approximate surface area is 88.1 Å². The molecule has 1 aromatic carbocycles. The van der Waals surface area contributed by atoms with Crippen molar-refractivity contribution in [2.75, 3.05) is 0 Å². The Morgan fingerprint density at radius 3 is 2.47 bits per heavy atom. The number of unbranched alkanes of at least 4 members (excludes halogenated alkanes) is 2. The monoisotopic (exact) mass is 216 g/mol. The van der Waals surface area contributed by atoms with Gasteiger partial charge in [0.25, 0.3) is 0 Å². The maximum absolute atomic E-state index is 12.4. The Morgan fingerprint density at radius 1 is 1.13 bits per heavy atom. The fraction of sp³-hybridized carbons (Fsp3) is 0.500.